The molecule has 0 aliphatic carbocycles. The van der Waals surface area contributed by atoms with Crippen LogP contribution < -0.4 is 11.3 Å². The molecule has 0 aliphatic rings. The number of aromatic nitrogens is 4. The lowest BCUT2D eigenvalue weighted by atomic mass is 10.4. The first-order valence-electron chi connectivity index (χ1n) is 5.58. The predicted molar refractivity (Wildman–Crippen MR) is 78.0 cm³/mol. The molecule has 0 amide bonds. The summed E-state index contributed by atoms with van der Waals surface area (Å²) in [5, 5.41) is 7.07. The summed E-state index contributed by atoms with van der Waals surface area (Å²) in [7, 11) is 1.90. The lowest BCUT2D eigenvalue weighted by Gasteiger charge is -2.04. The first-order chi connectivity index (χ1) is 9.26. The molecule has 0 aliphatic heterocycles. The minimum absolute atomic E-state index is 0.674. The summed E-state index contributed by atoms with van der Waals surface area (Å²) in [6.45, 7) is 0. The molecule has 3 aromatic rings. The molecule has 19 heavy (non-hydrogen) atoms. The highest BCUT2D eigenvalue weighted by molar-refractivity contribution is 7.98. The van der Waals surface area contributed by atoms with E-state index in [1.54, 1.807) is 27.8 Å². The van der Waals surface area contributed by atoms with Crippen LogP contribution in [-0.4, -0.2) is 19.7 Å². The SMILES string of the molecule is Cn1cc(SCc2nc(NN)c3ccsc3n2)cn1. The van der Waals surface area contributed by atoms with Crippen LogP contribution in [-0.2, 0) is 12.8 Å². The number of thiophene rings is 1. The Kier molecular flexibility index (Phi) is 3.36. The van der Waals surface area contributed by atoms with Gasteiger partial charge in [0.2, 0.25) is 0 Å². The van der Waals surface area contributed by atoms with E-state index in [0.29, 0.717) is 11.6 Å². The molecule has 3 aromatic heterocycles. The molecule has 0 aromatic carbocycles. The zero-order valence-corrected chi connectivity index (χ0v) is 11.8. The smallest absolute Gasteiger partial charge is 0.152 e. The van der Waals surface area contributed by atoms with E-state index in [-0.39, 0.29) is 0 Å². The van der Waals surface area contributed by atoms with Crippen molar-refractivity contribution in [3.05, 3.63) is 29.7 Å². The van der Waals surface area contributed by atoms with Crippen LogP contribution in [0.3, 0.4) is 0 Å². The average Bonchev–Trinajstić information content (AvgIpc) is 3.03. The van der Waals surface area contributed by atoms with Gasteiger partial charge >= 0.3 is 0 Å². The Balaban J connectivity index is 1.84. The van der Waals surface area contributed by atoms with Gasteiger partial charge in [-0.25, -0.2) is 15.8 Å². The Morgan fingerprint density at radius 3 is 3.11 bits per heavy atom. The molecular weight excluding hydrogens is 280 g/mol. The van der Waals surface area contributed by atoms with E-state index in [0.717, 1.165) is 20.9 Å². The van der Waals surface area contributed by atoms with E-state index in [2.05, 4.69) is 20.5 Å². The molecule has 8 heteroatoms. The second-order valence-electron chi connectivity index (χ2n) is 3.91. The summed E-state index contributed by atoms with van der Waals surface area (Å²) >= 11 is 3.24. The lowest BCUT2D eigenvalue weighted by Crippen LogP contribution is -2.10. The predicted octanol–water partition coefficient (Wildman–Crippen LogP) is 2.00. The molecule has 0 saturated carbocycles. The van der Waals surface area contributed by atoms with Crippen LogP contribution in [0.1, 0.15) is 5.82 Å². The molecule has 3 rings (SSSR count). The van der Waals surface area contributed by atoms with E-state index in [1.807, 2.05) is 30.9 Å². The van der Waals surface area contributed by atoms with Gasteiger partial charge in [0, 0.05) is 18.1 Å². The molecule has 0 spiro atoms. The number of thioether (sulfide) groups is 1. The molecule has 0 unspecified atom stereocenters. The van der Waals surface area contributed by atoms with Gasteiger partial charge in [0.1, 0.15) is 10.7 Å². The summed E-state index contributed by atoms with van der Waals surface area (Å²) in [5.74, 6) is 7.62. The molecule has 3 N–H and O–H groups in total. The van der Waals surface area contributed by atoms with Crippen LogP contribution in [0.2, 0.25) is 0 Å². The van der Waals surface area contributed by atoms with Gasteiger partial charge in [0.05, 0.1) is 17.3 Å². The first-order valence-corrected chi connectivity index (χ1v) is 7.45. The first kappa shape index (κ1) is 12.4. The van der Waals surface area contributed by atoms with Gasteiger partial charge in [0.15, 0.2) is 5.82 Å². The molecule has 6 nitrogen and oxygen atoms in total. The Morgan fingerprint density at radius 1 is 1.47 bits per heavy atom. The quantitative estimate of drug-likeness (QED) is 0.435. The summed E-state index contributed by atoms with van der Waals surface area (Å²) in [6.07, 6.45) is 3.80. The highest BCUT2D eigenvalue weighted by Crippen LogP contribution is 2.27. The minimum Gasteiger partial charge on any atom is -0.308 e. The number of hydrazine groups is 1. The fourth-order valence-corrected chi connectivity index (χ4v) is 3.25. The summed E-state index contributed by atoms with van der Waals surface area (Å²) in [4.78, 5) is 11.0. The van der Waals surface area contributed by atoms with Crippen molar-refractivity contribution in [3.8, 4) is 0 Å². The van der Waals surface area contributed by atoms with Gasteiger partial charge < -0.3 is 5.43 Å². The van der Waals surface area contributed by atoms with Gasteiger partial charge in [-0.05, 0) is 11.4 Å². The molecular formula is C11H12N6S2. The highest BCUT2D eigenvalue weighted by Gasteiger charge is 2.08. The Labute approximate surface area is 118 Å². The monoisotopic (exact) mass is 292 g/mol. The van der Waals surface area contributed by atoms with Crippen molar-refractivity contribution in [1.29, 1.82) is 0 Å². The number of nitrogens with zero attached hydrogens (tertiary/aromatic N) is 4. The summed E-state index contributed by atoms with van der Waals surface area (Å²) < 4.78 is 1.78. The van der Waals surface area contributed by atoms with Crippen LogP contribution in [0.15, 0.2) is 28.7 Å². The van der Waals surface area contributed by atoms with Crippen LogP contribution in [0.25, 0.3) is 10.2 Å². The van der Waals surface area contributed by atoms with Gasteiger partial charge in [0.25, 0.3) is 0 Å². The van der Waals surface area contributed by atoms with Crippen molar-refractivity contribution >= 4 is 39.1 Å². The van der Waals surface area contributed by atoms with Crippen molar-refractivity contribution in [3.63, 3.8) is 0 Å². The number of aryl methyl sites for hydroxylation is 1. The minimum atomic E-state index is 0.674. The number of nitrogens with two attached hydrogens (primary N) is 1. The van der Waals surface area contributed by atoms with E-state index in [1.165, 1.54) is 0 Å². The number of nitrogen functional groups attached to an aromatic ring is 1. The van der Waals surface area contributed by atoms with Crippen molar-refractivity contribution in [2.24, 2.45) is 12.9 Å². The van der Waals surface area contributed by atoms with E-state index in [4.69, 9.17) is 5.84 Å². The molecule has 0 bridgehead atoms. The largest absolute Gasteiger partial charge is 0.308 e. The van der Waals surface area contributed by atoms with E-state index >= 15 is 0 Å². The van der Waals surface area contributed by atoms with Gasteiger partial charge in [-0.1, -0.05) is 0 Å². The van der Waals surface area contributed by atoms with Crippen LogP contribution >= 0.6 is 23.1 Å². The van der Waals surface area contributed by atoms with Gasteiger partial charge in [-0.15, -0.1) is 23.1 Å². The topological polar surface area (TPSA) is 81.7 Å². The number of hydrogen-bond donors (Lipinski definition) is 2. The number of anilines is 1. The van der Waals surface area contributed by atoms with Crippen molar-refractivity contribution < 1.29 is 0 Å². The fourth-order valence-electron chi connectivity index (χ4n) is 1.70. The Morgan fingerprint density at radius 2 is 2.37 bits per heavy atom. The zero-order valence-electron chi connectivity index (χ0n) is 10.2. The lowest BCUT2D eigenvalue weighted by molar-refractivity contribution is 0.766. The second-order valence-corrected chi connectivity index (χ2v) is 5.85. The molecule has 98 valence electrons. The molecule has 3 heterocycles. The van der Waals surface area contributed by atoms with Gasteiger partial charge in [-0.3, -0.25) is 4.68 Å². The third-order valence-electron chi connectivity index (χ3n) is 2.56. The Bertz CT molecular complexity index is 704. The zero-order chi connectivity index (χ0) is 13.2. The third kappa shape index (κ3) is 2.55. The average molecular weight is 292 g/mol. The van der Waals surface area contributed by atoms with Crippen LogP contribution in [0.5, 0.6) is 0 Å². The van der Waals surface area contributed by atoms with Crippen molar-refractivity contribution in [2.45, 2.75) is 10.6 Å². The fraction of sp³-hybridized carbons (Fsp3) is 0.182. The second kappa shape index (κ2) is 5.16. The van der Waals surface area contributed by atoms with E-state index in [9.17, 15) is 0 Å². The highest BCUT2D eigenvalue weighted by atomic mass is 32.2. The number of nitrogens with one attached hydrogen (secondary N) is 1. The maximum Gasteiger partial charge on any atom is 0.152 e. The molecule has 0 saturated heterocycles. The van der Waals surface area contributed by atoms with Crippen LogP contribution in [0, 0.1) is 0 Å². The number of rotatable bonds is 4. The maximum atomic E-state index is 5.50. The third-order valence-corrected chi connectivity index (χ3v) is 4.31. The number of hydrogen-bond acceptors (Lipinski definition) is 7. The standard InChI is InChI=1S/C11H12N6S2/c1-17-5-7(4-13-17)19-6-9-14-10(16-12)8-2-3-18-11(8)15-9/h2-5H,6,12H2,1H3,(H,14,15,16). The van der Waals surface area contributed by atoms with Crippen LogP contribution in [0.4, 0.5) is 5.82 Å². The molecule has 0 atom stereocenters. The summed E-state index contributed by atoms with van der Waals surface area (Å²) in [6, 6.07) is 1.97. The summed E-state index contributed by atoms with van der Waals surface area (Å²) in [5.41, 5.74) is 2.63. The maximum absolute atomic E-state index is 5.50. The normalized spacial score (nSPS) is 11.1. The van der Waals surface area contributed by atoms with Gasteiger partial charge in [-0.2, -0.15) is 5.10 Å². The Hall–Kier alpha value is -1.64. The number of fused-ring (bicyclic) bond motifs is 1. The van der Waals surface area contributed by atoms with Crippen molar-refractivity contribution in [1.82, 2.24) is 19.7 Å². The van der Waals surface area contributed by atoms with E-state index < -0.39 is 0 Å². The molecule has 0 radical (unpaired) electrons. The molecule has 0 fully saturated rings. The van der Waals surface area contributed by atoms with Crippen molar-refractivity contribution in [2.75, 3.05) is 5.43 Å².